The van der Waals surface area contributed by atoms with E-state index in [2.05, 4.69) is 4.72 Å². The minimum absolute atomic E-state index is 0.00893. The van der Waals surface area contributed by atoms with E-state index >= 15 is 0 Å². The molecule has 0 aliphatic heterocycles. The third-order valence-electron chi connectivity index (χ3n) is 3.83. The lowest BCUT2D eigenvalue weighted by Crippen LogP contribution is -2.25. The van der Waals surface area contributed by atoms with Crippen LogP contribution in [0, 0.1) is 5.92 Å². The Labute approximate surface area is 195 Å². The van der Waals surface area contributed by atoms with Gasteiger partial charge >= 0.3 is 0 Å². The van der Waals surface area contributed by atoms with Crippen LogP contribution in [0.4, 0.5) is 4.39 Å². The summed E-state index contributed by atoms with van der Waals surface area (Å²) < 4.78 is 48.0. The SMILES string of the molecule is CCC(=O)SNCC(F)COCCOCCOCCOCCOCCOCC(=O)C(C)C. The van der Waals surface area contributed by atoms with Crippen LogP contribution in [0.2, 0.25) is 0 Å². The Hall–Kier alpha value is -0.660. The Kier molecular flexibility index (Phi) is 23.0. The van der Waals surface area contributed by atoms with E-state index in [0.29, 0.717) is 72.5 Å². The number of ether oxygens (including phenoxy) is 6. The van der Waals surface area contributed by atoms with Crippen molar-refractivity contribution in [3.05, 3.63) is 0 Å². The van der Waals surface area contributed by atoms with Crippen LogP contribution in [-0.4, -0.2) is 103 Å². The number of ketones is 1. The molecule has 1 N–H and O–H groups in total. The van der Waals surface area contributed by atoms with Crippen molar-refractivity contribution < 1.29 is 42.4 Å². The van der Waals surface area contributed by atoms with Crippen LogP contribution in [0.1, 0.15) is 27.2 Å². The van der Waals surface area contributed by atoms with Gasteiger partial charge in [0.15, 0.2) is 5.78 Å². The number of hydrogen-bond donors (Lipinski definition) is 1. The van der Waals surface area contributed by atoms with E-state index in [1.54, 1.807) is 6.92 Å². The zero-order valence-corrected chi connectivity index (χ0v) is 20.4. The van der Waals surface area contributed by atoms with Crippen molar-refractivity contribution in [2.24, 2.45) is 5.92 Å². The van der Waals surface area contributed by atoms with E-state index in [-0.39, 0.29) is 36.6 Å². The summed E-state index contributed by atoms with van der Waals surface area (Å²) in [7, 11) is 0. The molecular weight excluding hydrogens is 445 g/mol. The summed E-state index contributed by atoms with van der Waals surface area (Å²) in [6, 6.07) is 0. The van der Waals surface area contributed by atoms with Crippen molar-refractivity contribution in [1.82, 2.24) is 4.72 Å². The highest BCUT2D eigenvalue weighted by atomic mass is 32.2. The van der Waals surface area contributed by atoms with E-state index in [1.807, 2.05) is 13.8 Å². The molecule has 0 heterocycles. The van der Waals surface area contributed by atoms with Crippen molar-refractivity contribution in [2.45, 2.75) is 33.4 Å². The van der Waals surface area contributed by atoms with Gasteiger partial charge in [-0.2, -0.15) is 0 Å². The van der Waals surface area contributed by atoms with Gasteiger partial charge in [-0.25, -0.2) is 4.39 Å². The molecule has 0 rings (SSSR count). The first-order valence-electron chi connectivity index (χ1n) is 11.0. The number of halogens is 1. The van der Waals surface area contributed by atoms with E-state index in [4.69, 9.17) is 28.4 Å². The third-order valence-corrected chi connectivity index (χ3v) is 4.65. The first-order chi connectivity index (χ1) is 15.5. The Morgan fingerprint density at radius 1 is 0.781 bits per heavy atom. The van der Waals surface area contributed by atoms with E-state index in [1.165, 1.54) is 0 Å². The second-order valence-corrected chi connectivity index (χ2v) is 7.92. The Balaban J connectivity index is 3.17. The van der Waals surface area contributed by atoms with Gasteiger partial charge in [0.05, 0.1) is 72.7 Å². The van der Waals surface area contributed by atoms with Gasteiger partial charge in [-0.05, 0) is 11.9 Å². The van der Waals surface area contributed by atoms with Crippen LogP contribution in [0.25, 0.3) is 0 Å². The number of carbonyl (C=O) groups is 2. The molecule has 0 amide bonds. The molecule has 190 valence electrons. The maximum absolute atomic E-state index is 13.5. The fourth-order valence-corrected chi connectivity index (χ4v) is 2.46. The first kappa shape index (κ1) is 31.3. The van der Waals surface area contributed by atoms with Gasteiger partial charge in [0.1, 0.15) is 12.8 Å². The molecule has 0 spiro atoms. The van der Waals surface area contributed by atoms with Gasteiger partial charge < -0.3 is 28.4 Å². The molecule has 1 unspecified atom stereocenters. The standard InChI is InChI=1S/C21H40FNO8S/c1-4-21(25)32-23-15-19(22)16-30-13-11-28-9-7-26-5-6-27-8-10-29-12-14-31-17-20(24)18(2)3/h18-19,23H,4-17H2,1-3H3. The van der Waals surface area contributed by atoms with Crippen LogP contribution in [0.3, 0.4) is 0 Å². The number of Topliss-reactive ketones (excluding diaryl/α,β-unsaturated/α-hetero) is 1. The van der Waals surface area contributed by atoms with Crippen molar-refractivity contribution >= 4 is 22.8 Å². The van der Waals surface area contributed by atoms with Crippen LogP contribution in [-0.2, 0) is 38.0 Å². The molecule has 0 aliphatic carbocycles. The number of rotatable bonds is 24. The molecular formula is C21H40FNO8S. The van der Waals surface area contributed by atoms with Gasteiger partial charge in [-0.3, -0.25) is 14.3 Å². The molecule has 0 saturated carbocycles. The second kappa shape index (κ2) is 23.5. The molecule has 0 saturated heterocycles. The lowest BCUT2D eigenvalue weighted by atomic mass is 10.1. The highest BCUT2D eigenvalue weighted by Gasteiger charge is 2.08. The van der Waals surface area contributed by atoms with Gasteiger partial charge in [-0.1, -0.05) is 20.8 Å². The summed E-state index contributed by atoms with van der Waals surface area (Å²) in [5.41, 5.74) is 0. The van der Waals surface area contributed by atoms with Gasteiger partial charge in [0.2, 0.25) is 5.12 Å². The lowest BCUT2D eigenvalue weighted by Gasteiger charge is -2.10. The molecule has 32 heavy (non-hydrogen) atoms. The Bertz CT molecular complexity index is 460. The van der Waals surface area contributed by atoms with Crippen LogP contribution < -0.4 is 4.72 Å². The third kappa shape index (κ3) is 22.5. The largest absolute Gasteiger partial charge is 0.377 e. The van der Waals surface area contributed by atoms with Crippen molar-refractivity contribution in [2.75, 3.05) is 85.8 Å². The Morgan fingerprint density at radius 2 is 1.22 bits per heavy atom. The van der Waals surface area contributed by atoms with Crippen molar-refractivity contribution in [3.63, 3.8) is 0 Å². The molecule has 0 fully saturated rings. The molecule has 0 aromatic rings. The molecule has 0 radical (unpaired) electrons. The zero-order chi connectivity index (χ0) is 23.9. The summed E-state index contributed by atoms with van der Waals surface area (Å²) in [5.74, 6) is 0.0772. The van der Waals surface area contributed by atoms with Gasteiger partial charge in [0, 0.05) is 18.9 Å². The highest BCUT2D eigenvalue weighted by molar-refractivity contribution is 8.11. The second-order valence-electron chi connectivity index (χ2n) is 6.97. The molecule has 1 atom stereocenters. The number of nitrogens with one attached hydrogen (secondary N) is 1. The minimum Gasteiger partial charge on any atom is -0.377 e. The summed E-state index contributed by atoms with van der Waals surface area (Å²) in [6.45, 7) is 9.74. The first-order valence-corrected chi connectivity index (χ1v) is 11.8. The summed E-state index contributed by atoms with van der Waals surface area (Å²) >= 11 is 0.919. The Morgan fingerprint density at radius 3 is 1.66 bits per heavy atom. The lowest BCUT2D eigenvalue weighted by molar-refractivity contribution is -0.127. The molecule has 0 bridgehead atoms. The van der Waals surface area contributed by atoms with Gasteiger partial charge in [0.25, 0.3) is 0 Å². The topological polar surface area (TPSA) is 102 Å². The smallest absolute Gasteiger partial charge is 0.203 e. The normalized spacial score (nSPS) is 12.4. The predicted octanol–water partition coefficient (Wildman–Crippen LogP) is 1.82. The van der Waals surface area contributed by atoms with Crippen LogP contribution in [0.5, 0.6) is 0 Å². The fourth-order valence-electron chi connectivity index (χ4n) is 1.89. The summed E-state index contributed by atoms with van der Waals surface area (Å²) in [4.78, 5) is 22.4. The maximum atomic E-state index is 13.5. The molecule has 0 aromatic heterocycles. The molecule has 0 aliphatic rings. The zero-order valence-electron chi connectivity index (χ0n) is 19.6. The van der Waals surface area contributed by atoms with Gasteiger partial charge in [-0.15, -0.1) is 0 Å². The average Bonchev–Trinajstić information content (AvgIpc) is 2.77. The fraction of sp³-hybridized carbons (Fsp3) is 0.905. The monoisotopic (exact) mass is 485 g/mol. The maximum Gasteiger partial charge on any atom is 0.203 e. The summed E-state index contributed by atoms with van der Waals surface area (Å²) in [5, 5.41) is -0.0245. The van der Waals surface area contributed by atoms with Crippen molar-refractivity contribution in [3.8, 4) is 0 Å². The van der Waals surface area contributed by atoms with E-state index < -0.39 is 6.17 Å². The number of hydrogen-bond acceptors (Lipinski definition) is 10. The van der Waals surface area contributed by atoms with Crippen LogP contribution in [0.15, 0.2) is 0 Å². The number of alkyl halides is 1. The van der Waals surface area contributed by atoms with E-state index in [0.717, 1.165) is 11.9 Å². The molecule has 0 aromatic carbocycles. The van der Waals surface area contributed by atoms with Crippen molar-refractivity contribution in [1.29, 1.82) is 0 Å². The molecule has 9 nitrogen and oxygen atoms in total. The molecule has 11 heteroatoms. The quantitative estimate of drug-likeness (QED) is 0.161. The average molecular weight is 486 g/mol. The summed E-state index contributed by atoms with van der Waals surface area (Å²) in [6.07, 6.45) is -0.760. The predicted molar refractivity (Wildman–Crippen MR) is 121 cm³/mol. The van der Waals surface area contributed by atoms with Crippen LogP contribution >= 0.6 is 11.9 Å². The number of carbonyl (C=O) groups excluding carboxylic acids is 2. The minimum atomic E-state index is -1.17. The highest BCUT2D eigenvalue weighted by Crippen LogP contribution is 2.01. The van der Waals surface area contributed by atoms with E-state index in [9.17, 15) is 14.0 Å².